The maximum absolute atomic E-state index is 12.8. The third-order valence-electron chi connectivity index (χ3n) is 4.11. The lowest BCUT2D eigenvalue weighted by atomic mass is 10.1. The minimum Gasteiger partial charge on any atom is -0.320 e. The van der Waals surface area contributed by atoms with E-state index in [0.29, 0.717) is 17.8 Å². The van der Waals surface area contributed by atoms with E-state index in [1.807, 2.05) is 5.38 Å². The number of aromatic nitrogens is 1. The first kappa shape index (κ1) is 25.2. The number of aryl methyl sites for hydroxylation is 1. The van der Waals surface area contributed by atoms with Gasteiger partial charge in [0.1, 0.15) is 5.69 Å². The van der Waals surface area contributed by atoms with Crippen molar-refractivity contribution in [2.45, 2.75) is 13.1 Å². The largest absolute Gasteiger partial charge is 0.417 e. The Kier molecular flexibility index (Phi) is 7.78. The Balaban J connectivity index is 1.85. The number of nitrogens with zero attached hydrogens (tertiary/aromatic N) is 2. The summed E-state index contributed by atoms with van der Waals surface area (Å²) in [6.45, 7) is 1.59. The molecule has 0 bridgehead atoms. The van der Waals surface area contributed by atoms with E-state index >= 15 is 0 Å². The number of pyridine rings is 1. The lowest BCUT2D eigenvalue weighted by molar-refractivity contribution is -0.137. The molecule has 0 saturated heterocycles. The van der Waals surface area contributed by atoms with Gasteiger partial charge in [-0.2, -0.15) is 18.3 Å². The number of anilines is 1. The van der Waals surface area contributed by atoms with Crippen LogP contribution in [0.2, 0.25) is 10.0 Å². The van der Waals surface area contributed by atoms with Gasteiger partial charge in [0.05, 0.1) is 28.1 Å². The Hall–Kier alpha value is -2.47. The lowest BCUT2D eigenvalue weighted by Crippen LogP contribution is -2.23. The van der Waals surface area contributed by atoms with E-state index in [-0.39, 0.29) is 16.3 Å². The molecule has 0 fully saturated rings. The molecule has 0 saturated carbocycles. The molecule has 3 aromatic rings. The zero-order valence-electron chi connectivity index (χ0n) is 16.4. The molecule has 2 amide bonds. The summed E-state index contributed by atoms with van der Waals surface area (Å²) >= 11 is 16.6. The second kappa shape index (κ2) is 10.2. The molecule has 172 valence electrons. The summed E-state index contributed by atoms with van der Waals surface area (Å²) in [4.78, 5) is 29.7. The molecule has 0 spiro atoms. The molecule has 0 aliphatic rings. The number of thiophene rings is 1. The van der Waals surface area contributed by atoms with Gasteiger partial charge in [0.25, 0.3) is 11.8 Å². The number of rotatable bonds is 5. The minimum atomic E-state index is -4.66. The van der Waals surface area contributed by atoms with Crippen molar-refractivity contribution in [1.82, 2.24) is 10.4 Å². The monoisotopic (exact) mass is 578 g/mol. The van der Waals surface area contributed by atoms with Gasteiger partial charge in [-0.05, 0) is 52.7 Å². The zero-order chi connectivity index (χ0) is 24.3. The van der Waals surface area contributed by atoms with Crippen LogP contribution < -0.4 is 10.7 Å². The average molecular weight is 580 g/mol. The maximum Gasteiger partial charge on any atom is 0.417 e. The molecular weight excluding hydrogens is 568 g/mol. The van der Waals surface area contributed by atoms with E-state index in [0.717, 1.165) is 9.35 Å². The van der Waals surface area contributed by atoms with E-state index in [2.05, 4.69) is 36.8 Å². The minimum absolute atomic E-state index is 0.0131. The Labute approximate surface area is 207 Å². The van der Waals surface area contributed by atoms with E-state index in [1.165, 1.54) is 29.7 Å². The van der Waals surface area contributed by atoms with Gasteiger partial charge in [0, 0.05) is 25.9 Å². The Bertz CT molecular complexity index is 1260. The molecule has 0 radical (unpaired) electrons. The second-order valence-corrected chi connectivity index (χ2v) is 9.22. The summed E-state index contributed by atoms with van der Waals surface area (Å²) in [6, 6.07) is 5.22. The van der Waals surface area contributed by atoms with E-state index < -0.39 is 34.3 Å². The van der Waals surface area contributed by atoms with Crippen molar-refractivity contribution in [1.29, 1.82) is 0 Å². The second-order valence-electron chi connectivity index (χ2n) is 6.52. The number of nitrogens with one attached hydrogen (secondary N) is 2. The number of carbonyl (C=O) groups is 2. The first-order valence-corrected chi connectivity index (χ1v) is 11.3. The van der Waals surface area contributed by atoms with Crippen LogP contribution in [0.4, 0.5) is 18.9 Å². The normalized spacial score (nSPS) is 11.6. The standard InChI is InChI=1S/C20H12BrCl2F3N4O2S/c1-9-2-12(22)5-14(18(31)30-28-7-13-4-11(21)8-33-13)16(9)29-19(32)17-15(23)3-10(6-27-17)20(24,25)26/h2-8H,1H3,(H,29,32)(H,30,31). The van der Waals surface area contributed by atoms with Crippen molar-refractivity contribution in [3.8, 4) is 0 Å². The smallest absolute Gasteiger partial charge is 0.320 e. The van der Waals surface area contributed by atoms with Crippen molar-refractivity contribution < 1.29 is 22.8 Å². The number of benzene rings is 1. The van der Waals surface area contributed by atoms with Gasteiger partial charge in [-0.3, -0.25) is 9.59 Å². The number of carbonyl (C=O) groups excluding carboxylic acids is 2. The van der Waals surface area contributed by atoms with E-state index in [9.17, 15) is 22.8 Å². The van der Waals surface area contributed by atoms with Gasteiger partial charge >= 0.3 is 6.18 Å². The lowest BCUT2D eigenvalue weighted by Gasteiger charge is -2.14. The number of hydrazone groups is 1. The van der Waals surface area contributed by atoms with Crippen LogP contribution in [0.15, 0.2) is 45.4 Å². The zero-order valence-corrected chi connectivity index (χ0v) is 20.3. The fraction of sp³-hybridized carbons (Fsp3) is 0.100. The van der Waals surface area contributed by atoms with Crippen LogP contribution in [-0.4, -0.2) is 23.0 Å². The number of hydrogen-bond acceptors (Lipinski definition) is 5. The first-order valence-electron chi connectivity index (χ1n) is 8.87. The molecule has 2 heterocycles. The van der Waals surface area contributed by atoms with E-state index in [4.69, 9.17) is 23.2 Å². The number of hydrogen-bond donors (Lipinski definition) is 2. The van der Waals surface area contributed by atoms with Crippen molar-refractivity contribution in [3.63, 3.8) is 0 Å². The van der Waals surface area contributed by atoms with Crippen LogP contribution in [0.1, 0.15) is 36.9 Å². The van der Waals surface area contributed by atoms with Crippen molar-refractivity contribution in [2.75, 3.05) is 5.32 Å². The molecule has 0 aliphatic heterocycles. The van der Waals surface area contributed by atoms with Crippen molar-refractivity contribution in [3.05, 3.63) is 77.6 Å². The Morgan fingerprint density at radius 2 is 1.91 bits per heavy atom. The third kappa shape index (κ3) is 6.32. The molecule has 0 atom stereocenters. The number of halogens is 6. The quantitative estimate of drug-likeness (QED) is 0.265. The third-order valence-corrected chi connectivity index (χ3v) is 6.25. The molecule has 3 rings (SSSR count). The summed E-state index contributed by atoms with van der Waals surface area (Å²) in [5.74, 6) is -1.57. The predicted molar refractivity (Wildman–Crippen MR) is 125 cm³/mol. The molecular formula is C20H12BrCl2F3N4O2S. The fourth-order valence-electron chi connectivity index (χ4n) is 2.63. The molecule has 2 N–H and O–H groups in total. The summed E-state index contributed by atoms with van der Waals surface area (Å²) in [5.41, 5.74) is 1.30. The van der Waals surface area contributed by atoms with Crippen LogP contribution in [0.25, 0.3) is 0 Å². The van der Waals surface area contributed by atoms with E-state index in [1.54, 1.807) is 13.0 Å². The van der Waals surface area contributed by atoms with Crippen LogP contribution >= 0.6 is 50.5 Å². The molecule has 1 aromatic carbocycles. The van der Waals surface area contributed by atoms with Gasteiger partial charge in [-0.15, -0.1) is 11.3 Å². The maximum atomic E-state index is 12.8. The molecule has 2 aromatic heterocycles. The molecule has 33 heavy (non-hydrogen) atoms. The van der Waals surface area contributed by atoms with Gasteiger partial charge in [-0.1, -0.05) is 23.2 Å². The van der Waals surface area contributed by atoms with Gasteiger partial charge in [0.15, 0.2) is 0 Å². The predicted octanol–water partition coefficient (Wildman–Crippen LogP) is 6.56. The highest BCUT2D eigenvalue weighted by atomic mass is 79.9. The fourth-order valence-corrected chi connectivity index (χ4v) is 4.46. The summed E-state index contributed by atoms with van der Waals surface area (Å²) in [5, 5.41) is 7.94. The highest BCUT2D eigenvalue weighted by Crippen LogP contribution is 2.32. The first-order chi connectivity index (χ1) is 15.5. The van der Waals surface area contributed by atoms with Crippen molar-refractivity contribution in [2.24, 2.45) is 5.10 Å². The topological polar surface area (TPSA) is 83.5 Å². The SMILES string of the molecule is Cc1cc(Cl)cc(C(=O)NN=Cc2cc(Br)cs2)c1NC(=O)c1ncc(C(F)(F)F)cc1Cl. The van der Waals surface area contributed by atoms with Crippen LogP contribution in [0, 0.1) is 6.92 Å². The molecule has 0 unspecified atom stereocenters. The highest BCUT2D eigenvalue weighted by molar-refractivity contribution is 9.10. The number of amides is 2. The summed E-state index contributed by atoms with van der Waals surface area (Å²) in [7, 11) is 0. The Morgan fingerprint density at radius 1 is 1.18 bits per heavy atom. The van der Waals surface area contributed by atoms with Gasteiger partial charge in [-0.25, -0.2) is 10.4 Å². The number of alkyl halides is 3. The molecule has 0 aliphatic carbocycles. The van der Waals surface area contributed by atoms with Gasteiger partial charge < -0.3 is 5.32 Å². The van der Waals surface area contributed by atoms with Crippen molar-refractivity contribution >= 4 is 74.2 Å². The average Bonchev–Trinajstić information content (AvgIpc) is 3.13. The van der Waals surface area contributed by atoms with Crippen LogP contribution in [0.3, 0.4) is 0 Å². The van der Waals surface area contributed by atoms with Gasteiger partial charge in [0.2, 0.25) is 0 Å². The Morgan fingerprint density at radius 3 is 2.52 bits per heavy atom. The molecule has 6 nitrogen and oxygen atoms in total. The summed E-state index contributed by atoms with van der Waals surface area (Å²) < 4.78 is 39.3. The highest BCUT2D eigenvalue weighted by Gasteiger charge is 2.32. The van der Waals surface area contributed by atoms with Crippen LogP contribution in [-0.2, 0) is 6.18 Å². The van der Waals surface area contributed by atoms with Crippen LogP contribution in [0.5, 0.6) is 0 Å². The summed E-state index contributed by atoms with van der Waals surface area (Å²) in [6.07, 6.45) is -2.72. The molecule has 13 heteroatoms.